The van der Waals surface area contributed by atoms with E-state index in [4.69, 9.17) is 4.74 Å². The minimum atomic E-state index is -4.48. The molecular formula is C17H12F3NO2S2. The normalized spacial score (nSPS) is 11.5. The molecule has 0 fully saturated rings. The van der Waals surface area contributed by atoms with Crippen LogP contribution in [0.5, 0.6) is 0 Å². The topological polar surface area (TPSA) is 39.2 Å². The number of carbonyl (C=O) groups is 1. The Morgan fingerprint density at radius 3 is 2.68 bits per heavy atom. The number of ether oxygens (including phenoxy) is 1. The smallest absolute Gasteiger partial charge is 0.416 e. The number of benzene rings is 1. The van der Waals surface area contributed by atoms with Gasteiger partial charge in [0.1, 0.15) is 11.6 Å². The van der Waals surface area contributed by atoms with Crippen molar-refractivity contribution < 1.29 is 22.7 Å². The first kappa shape index (κ1) is 17.6. The summed E-state index contributed by atoms with van der Waals surface area (Å²) in [5, 5.41) is 6.43. The molecule has 3 aromatic rings. The van der Waals surface area contributed by atoms with Gasteiger partial charge in [-0.25, -0.2) is 4.98 Å². The summed E-state index contributed by atoms with van der Waals surface area (Å²) in [5.74, 6) is -0.612. The Labute approximate surface area is 149 Å². The van der Waals surface area contributed by atoms with E-state index in [0.717, 1.165) is 16.6 Å². The van der Waals surface area contributed by atoms with Crippen molar-refractivity contribution in [1.82, 2.24) is 4.98 Å². The lowest BCUT2D eigenvalue weighted by Crippen LogP contribution is -2.13. The van der Waals surface area contributed by atoms with E-state index in [0.29, 0.717) is 5.69 Å². The third-order valence-corrected chi connectivity index (χ3v) is 4.98. The molecule has 0 aliphatic rings. The highest BCUT2D eigenvalue weighted by molar-refractivity contribution is 7.14. The van der Waals surface area contributed by atoms with Crippen LogP contribution in [0.4, 0.5) is 13.2 Å². The number of hydrogen-bond donors (Lipinski definition) is 0. The van der Waals surface area contributed by atoms with Crippen molar-refractivity contribution in [2.24, 2.45) is 0 Å². The van der Waals surface area contributed by atoms with E-state index >= 15 is 0 Å². The molecule has 3 rings (SSSR count). The van der Waals surface area contributed by atoms with Gasteiger partial charge in [-0.15, -0.1) is 11.3 Å². The van der Waals surface area contributed by atoms with Crippen LogP contribution in [0.3, 0.4) is 0 Å². The van der Waals surface area contributed by atoms with E-state index in [1.165, 1.54) is 29.5 Å². The SMILES string of the molecule is O=C(Cc1csc(-c2ccsc2)n1)OCc1ccccc1C(F)(F)F. The average Bonchev–Trinajstić information content (AvgIpc) is 3.23. The molecule has 0 N–H and O–H groups in total. The van der Waals surface area contributed by atoms with Gasteiger partial charge in [0.25, 0.3) is 0 Å². The van der Waals surface area contributed by atoms with Gasteiger partial charge in [0, 0.05) is 21.9 Å². The maximum Gasteiger partial charge on any atom is 0.416 e. The molecule has 0 amide bonds. The zero-order valence-electron chi connectivity index (χ0n) is 12.7. The lowest BCUT2D eigenvalue weighted by molar-refractivity contribution is -0.147. The first-order chi connectivity index (χ1) is 11.9. The molecule has 2 heterocycles. The summed E-state index contributed by atoms with van der Waals surface area (Å²) in [7, 11) is 0. The van der Waals surface area contributed by atoms with Gasteiger partial charge in [-0.05, 0) is 17.5 Å². The zero-order chi connectivity index (χ0) is 17.9. The van der Waals surface area contributed by atoms with Crippen LogP contribution in [-0.4, -0.2) is 11.0 Å². The summed E-state index contributed by atoms with van der Waals surface area (Å²) < 4.78 is 43.7. The largest absolute Gasteiger partial charge is 0.460 e. The molecule has 0 aliphatic heterocycles. The van der Waals surface area contributed by atoms with E-state index in [2.05, 4.69) is 4.98 Å². The Morgan fingerprint density at radius 2 is 1.96 bits per heavy atom. The average molecular weight is 383 g/mol. The van der Waals surface area contributed by atoms with Crippen molar-refractivity contribution in [3.05, 3.63) is 63.3 Å². The maximum absolute atomic E-state index is 12.9. The van der Waals surface area contributed by atoms with E-state index in [-0.39, 0.29) is 12.0 Å². The fraction of sp³-hybridized carbons (Fsp3) is 0.176. The molecule has 0 saturated heterocycles. The highest BCUT2D eigenvalue weighted by atomic mass is 32.1. The van der Waals surface area contributed by atoms with Crippen LogP contribution >= 0.6 is 22.7 Å². The lowest BCUT2D eigenvalue weighted by Gasteiger charge is -2.12. The molecule has 0 atom stereocenters. The van der Waals surface area contributed by atoms with Crippen LogP contribution in [-0.2, 0) is 28.7 Å². The molecule has 0 unspecified atom stereocenters. The van der Waals surface area contributed by atoms with Crippen LogP contribution in [0.15, 0.2) is 46.5 Å². The Hall–Kier alpha value is -2.19. The second-order valence-electron chi connectivity index (χ2n) is 5.15. The highest BCUT2D eigenvalue weighted by Gasteiger charge is 2.33. The van der Waals surface area contributed by atoms with Crippen molar-refractivity contribution in [2.75, 3.05) is 0 Å². The maximum atomic E-state index is 12.9. The Bertz CT molecular complexity index is 857. The first-order valence-electron chi connectivity index (χ1n) is 7.21. The summed E-state index contributed by atoms with van der Waals surface area (Å²) in [6.07, 6.45) is -4.55. The molecule has 0 saturated carbocycles. The molecule has 1 aromatic carbocycles. The standard InChI is InChI=1S/C17H12F3NO2S2/c18-17(19,20)14-4-2-1-3-11(14)8-23-15(22)7-13-10-25-16(21-13)12-5-6-24-9-12/h1-6,9-10H,7-8H2. The summed E-state index contributed by atoms with van der Waals surface area (Å²) in [4.78, 5) is 16.3. The molecule has 3 nitrogen and oxygen atoms in total. The van der Waals surface area contributed by atoms with E-state index in [1.54, 1.807) is 16.7 Å². The van der Waals surface area contributed by atoms with Crippen LogP contribution in [0.1, 0.15) is 16.8 Å². The molecule has 0 radical (unpaired) electrons. The number of rotatable bonds is 5. The van der Waals surface area contributed by atoms with Gasteiger partial charge in [-0.1, -0.05) is 18.2 Å². The summed E-state index contributed by atoms with van der Waals surface area (Å²) in [5.41, 5.74) is 0.658. The van der Waals surface area contributed by atoms with Crippen LogP contribution in [0.2, 0.25) is 0 Å². The minimum Gasteiger partial charge on any atom is -0.460 e. The van der Waals surface area contributed by atoms with Crippen molar-refractivity contribution in [1.29, 1.82) is 0 Å². The Kier molecular flexibility index (Phi) is 5.19. The summed E-state index contributed by atoms with van der Waals surface area (Å²) in [6, 6.07) is 6.98. The second kappa shape index (κ2) is 7.37. The summed E-state index contributed by atoms with van der Waals surface area (Å²) >= 11 is 2.96. The molecule has 2 aromatic heterocycles. The van der Waals surface area contributed by atoms with Crippen molar-refractivity contribution in [2.45, 2.75) is 19.2 Å². The third kappa shape index (κ3) is 4.46. The van der Waals surface area contributed by atoms with Crippen molar-refractivity contribution in [3.8, 4) is 10.6 Å². The predicted molar refractivity (Wildman–Crippen MR) is 90.4 cm³/mol. The predicted octanol–water partition coefficient (Wildman–Crippen LogP) is 5.18. The Morgan fingerprint density at radius 1 is 1.16 bits per heavy atom. The van der Waals surface area contributed by atoms with Crippen molar-refractivity contribution in [3.63, 3.8) is 0 Å². The quantitative estimate of drug-likeness (QED) is 0.570. The van der Waals surface area contributed by atoms with Crippen LogP contribution < -0.4 is 0 Å². The molecule has 130 valence electrons. The van der Waals surface area contributed by atoms with Gasteiger partial charge in [0.15, 0.2) is 0 Å². The van der Waals surface area contributed by atoms with Gasteiger partial charge in [-0.2, -0.15) is 24.5 Å². The summed E-state index contributed by atoms with van der Waals surface area (Å²) in [6.45, 7) is -0.421. The van der Waals surface area contributed by atoms with Gasteiger partial charge in [0.05, 0.1) is 17.7 Å². The van der Waals surface area contributed by atoms with E-state index in [1.807, 2.05) is 16.8 Å². The van der Waals surface area contributed by atoms with Gasteiger partial charge in [0.2, 0.25) is 0 Å². The number of nitrogens with zero attached hydrogens (tertiary/aromatic N) is 1. The number of halogens is 3. The number of alkyl halides is 3. The molecule has 8 heteroatoms. The number of aromatic nitrogens is 1. The number of hydrogen-bond acceptors (Lipinski definition) is 5. The van der Waals surface area contributed by atoms with Gasteiger partial charge >= 0.3 is 12.1 Å². The van der Waals surface area contributed by atoms with E-state index in [9.17, 15) is 18.0 Å². The monoisotopic (exact) mass is 383 g/mol. The minimum absolute atomic E-state index is 0.0689. The van der Waals surface area contributed by atoms with Gasteiger partial charge in [-0.3, -0.25) is 4.79 Å². The molecule has 0 spiro atoms. The highest BCUT2D eigenvalue weighted by Crippen LogP contribution is 2.32. The molecule has 25 heavy (non-hydrogen) atoms. The number of thiazole rings is 1. The second-order valence-corrected chi connectivity index (χ2v) is 6.79. The number of carbonyl (C=O) groups excluding carboxylic acids is 1. The fourth-order valence-corrected chi connectivity index (χ4v) is 3.72. The third-order valence-electron chi connectivity index (χ3n) is 3.36. The number of thiophene rings is 1. The van der Waals surface area contributed by atoms with Crippen LogP contribution in [0, 0.1) is 0 Å². The lowest BCUT2D eigenvalue weighted by atomic mass is 10.1. The van der Waals surface area contributed by atoms with Crippen molar-refractivity contribution >= 4 is 28.6 Å². The van der Waals surface area contributed by atoms with Gasteiger partial charge < -0.3 is 4.74 Å². The first-order valence-corrected chi connectivity index (χ1v) is 9.03. The molecule has 0 bridgehead atoms. The zero-order valence-corrected chi connectivity index (χ0v) is 14.4. The Balaban J connectivity index is 1.61. The van der Waals surface area contributed by atoms with Crippen LogP contribution in [0.25, 0.3) is 10.6 Å². The van der Waals surface area contributed by atoms with E-state index < -0.39 is 24.3 Å². The number of esters is 1. The molecule has 0 aliphatic carbocycles. The fourth-order valence-electron chi connectivity index (χ4n) is 2.19. The molecular weight excluding hydrogens is 371 g/mol.